The summed E-state index contributed by atoms with van der Waals surface area (Å²) in [6.45, 7) is 2.34. The Morgan fingerprint density at radius 3 is 2.79 bits per heavy atom. The van der Waals surface area contributed by atoms with Gasteiger partial charge in [-0.3, -0.25) is 14.5 Å². The van der Waals surface area contributed by atoms with Crippen LogP contribution in [0.4, 0.5) is 10.1 Å². The molecule has 2 aliphatic rings. The minimum Gasteiger partial charge on any atom is -0.329 e. The molecule has 0 radical (unpaired) electrons. The Labute approximate surface area is 110 Å². The Hall–Kier alpha value is -1.91. The lowest BCUT2D eigenvalue weighted by atomic mass is 10.1. The second-order valence-corrected chi connectivity index (χ2v) is 5.05. The molecule has 0 aliphatic carbocycles. The maximum absolute atomic E-state index is 13.3. The molecule has 19 heavy (non-hydrogen) atoms. The topological polar surface area (TPSA) is 40.6 Å². The van der Waals surface area contributed by atoms with E-state index in [2.05, 4.69) is 0 Å². The normalized spacial score (nSPS) is 26.8. The summed E-state index contributed by atoms with van der Waals surface area (Å²) in [7, 11) is 0. The van der Waals surface area contributed by atoms with Crippen molar-refractivity contribution < 1.29 is 14.0 Å². The molecular weight excluding hydrogens is 247 g/mol. The molecule has 2 fully saturated rings. The van der Waals surface area contributed by atoms with Crippen molar-refractivity contribution in [3.8, 4) is 0 Å². The van der Waals surface area contributed by atoms with Crippen LogP contribution < -0.4 is 4.90 Å². The summed E-state index contributed by atoms with van der Waals surface area (Å²) >= 11 is 0. The molecule has 3 rings (SSSR count). The zero-order valence-corrected chi connectivity index (χ0v) is 10.7. The fourth-order valence-electron chi connectivity index (χ4n) is 2.97. The maximum atomic E-state index is 13.3. The van der Waals surface area contributed by atoms with Crippen LogP contribution in [-0.2, 0) is 9.59 Å². The fraction of sp³-hybridized carbons (Fsp3) is 0.429. The van der Waals surface area contributed by atoms with Gasteiger partial charge in [0.05, 0.1) is 0 Å². The second kappa shape index (κ2) is 4.33. The Kier molecular flexibility index (Phi) is 2.77. The highest BCUT2D eigenvalue weighted by molar-refractivity contribution is 6.08. The average Bonchev–Trinajstić information content (AvgIpc) is 2.86. The lowest BCUT2D eigenvalue weighted by Crippen LogP contribution is -2.62. The van der Waals surface area contributed by atoms with Crippen molar-refractivity contribution in [1.29, 1.82) is 0 Å². The molecule has 2 amide bonds. The molecule has 1 aromatic rings. The number of anilines is 1. The Morgan fingerprint density at radius 1 is 1.26 bits per heavy atom. The summed E-state index contributed by atoms with van der Waals surface area (Å²) < 4.78 is 13.3. The van der Waals surface area contributed by atoms with E-state index in [4.69, 9.17) is 0 Å². The van der Waals surface area contributed by atoms with Crippen molar-refractivity contribution in [2.45, 2.75) is 31.8 Å². The first-order valence-electron chi connectivity index (χ1n) is 6.48. The van der Waals surface area contributed by atoms with Crippen molar-refractivity contribution in [3.05, 3.63) is 30.1 Å². The molecule has 2 atom stereocenters. The van der Waals surface area contributed by atoms with Crippen LogP contribution in [0, 0.1) is 5.82 Å². The molecule has 5 heteroatoms. The van der Waals surface area contributed by atoms with Crippen molar-refractivity contribution in [1.82, 2.24) is 4.90 Å². The number of piperazine rings is 1. The SMILES string of the molecule is CC1C(=O)N2CCCC2C(=O)N1c1cccc(F)c1. The number of carbonyl (C=O) groups excluding carboxylic acids is 2. The molecule has 2 aliphatic heterocycles. The Balaban J connectivity index is 2.00. The fourth-order valence-corrected chi connectivity index (χ4v) is 2.97. The number of hydrogen-bond donors (Lipinski definition) is 0. The number of benzene rings is 1. The van der Waals surface area contributed by atoms with E-state index in [0.717, 1.165) is 6.42 Å². The van der Waals surface area contributed by atoms with E-state index in [1.54, 1.807) is 24.0 Å². The van der Waals surface area contributed by atoms with Crippen molar-refractivity contribution in [2.75, 3.05) is 11.4 Å². The minimum absolute atomic E-state index is 0.0497. The van der Waals surface area contributed by atoms with Gasteiger partial charge in [-0.2, -0.15) is 0 Å². The number of nitrogens with zero attached hydrogens (tertiary/aromatic N) is 2. The first-order chi connectivity index (χ1) is 9.09. The van der Waals surface area contributed by atoms with Gasteiger partial charge < -0.3 is 4.90 Å². The van der Waals surface area contributed by atoms with Crippen molar-refractivity contribution >= 4 is 17.5 Å². The van der Waals surface area contributed by atoms with E-state index in [1.165, 1.54) is 17.0 Å². The Morgan fingerprint density at radius 2 is 2.05 bits per heavy atom. The number of rotatable bonds is 1. The van der Waals surface area contributed by atoms with Crippen LogP contribution in [0.3, 0.4) is 0 Å². The van der Waals surface area contributed by atoms with Gasteiger partial charge in [-0.25, -0.2) is 4.39 Å². The molecule has 4 nitrogen and oxygen atoms in total. The van der Waals surface area contributed by atoms with Crippen molar-refractivity contribution in [2.24, 2.45) is 0 Å². The first kappa shape index (κ1) is 12.1. The van der Waals surface area contributed by atoms with E-state index in [9.17, 15) is 14.0 Å². The zero-order chi connectivity index (χ0) is 13.6. The van der Waals surface area contributed by atoms with Crippen LogP contribution in [0.25, 0.3) is 0 Å². The highest BCUT2D eigenvalue weighted by Gasteiger charge is 2.46. The second-order valence-electron chi connectivity index (χ2n) is 5.05. The first-order valence-corrected chi connectivity index (χ1v) is 6.48. The summed E-state index contributed by atoms with van der Waals surface area (Å²) in [5.74, 6) is -0.555. The van der Waals surface area contributed by atoms with Gasteiger partial charge in [0, 0.05) is 12.2 Å². The van der Waals surface area contributed by atoms with Gasteiger partial charge in [0.2, 0.25) is 5.91 Å². The molecule has 0 spiro atoms. The number of carbonyl (C=O) groups is 2. The van der Waals surface area contributed by atoms with Crippen LogP contribution in [-0.4, -0.2) is 35.3 Å². The van der Waals surface area contributed by atoms with E-state index in [0.29, 0.717) is 18.7 Å². The summed E-state index contributed by atoms with van der Waals surface area (Å²) in [5, 5.41) is 0. The highest BCUT2D eigenvalue weighted by atomic mass is 19.1. The van der Waals surface area contributed by atoms with Crippen LogP contribution >= 0.6 is 0 Å². The van der Waals surface area contributed by atoms with Gasteiger partial charge in [-0.05, 0) is 38.0 Å². The van der Waals surface area contributed by atoms with Crippen molar-refractivity contribution in [3.63, 3.8) is 0 Å². The van der Waals surface area contributed by atoms with E-state index >= 15 is 0 Å². The number of amides is 2. The molecule has 0 saturated carbocycles. The average molecular weight is 262 g/mol. The molecule has 2 heterocycles. The van der Waals surface area contributed by atoms with E-state index in [1.807, 2.05) is 0 Å². The Bertz CT molecular complexity index is 546. The third-order valence-electron chi connectivity index (χ3n) is 3.89. The van der Waals surface area contributed by atoms with Crippen LogP contribution in [0.2, 0.25) is 0 Å². The van der Waals surface area contributed by atoms with E-state index in [-0.39, 0.29) is 17.9 Å². The largest absolute Gasteiger partial charge is 0.329 e. The van der Waals surface area contributed by atoms with Crippen LogP contribution in [0.5, 0.6) is 0 Å². The zero-order valence-electron chi connectivity index (χ0n) is 10.7. The highest BCUT2D eigenvalue weighted by Crippen LogP contribution is 2.30. The summed E-state index contributed by atoms with van der Waals surface area (Å²) in [5.41, 5.74) is 0.456. The van der Waals surface area contributed by atoms with Gasteiger partial charge in [0.15, 0.2) is 0 Å². The molecule has 100 valence electrons. The summed E-state index contributed by atoms with van der Waals surface area (Å²) in [6, 6.07) is 4.90. The monoisotopic (exact) mass is 262 g/mol. The lowest BCUT2D eigenvalue weighted by Gasteiger charge is -2.40. The third kappa shape index (κ3) is 1.80. The van der Waals surface area contributed by atoms with Gasteiger partial charge in [0.1, 0.15) is 17.9 Å². The van der Waals surface area contributed by atoms with Gasteiger partial charge >= 0.3 is 0 Å². The molecule has 2 saturated heterocycles. The summed E-state index contributed by atoms with van der Waals surface area (Å²) in [6.07, 6.45) is 1.55. The van der Waals surface area contributed by atoms with Crippen LogP contribution in [0.1, 0.15) is 19.8 Å². The molecule has 0 bridgehead atoms. The summed E-state index contributed by atoms with van der Waals surface area (Å²) in [4.78, 5) is 27.8. The van der Waals surface area contributed by atoms with E-state index < -0.39 is 11.9 Å². The van der Waals surface area contributed by atoms with Gasteiger partial charge in [0.25, 0.3) is 5.91 Å². The number of fused-ring (bicyclic) bond motifs is 1. The smallest absolute Gasteiger partial charge is 0.250 e. The third-order valence-corrected chi connectivity index (χ3v) is 3.89. The molecule has 2 unspecified atom stereocenters. The minimum atomic E-state index is -0.566. The van der Waals surface area contributed by atoms with Gasteiger partial charge in [-0.1, -0.05) is 6.07 Å². The number of hydrogen-bond acceptors (Lipinski definition) is 2. The predicted octanol–water partition coefficient (Wildman–Crippen LogP) is 1.55. The quantitative estimate of drug-likeness (QED) is 0.770. The lowest BCUT2D eigenvalue weighted by molar-refractivity contribution is -0.143. The van der Waals surface area contributed by atoms with Gasteiger partial charge in [-0.15, -0.1) is 0 Å². The molecule has 0 aromatic heterocycles. The molecular formula is C14H15FN2O2. The molecule has 1 aromatic carbocycles. The maximum Gasteiger partial charge on any atom is 0.250 e. The standard InChI is InChI=1S/C14H15FN2O2/c1-9-13(18)16-7-3-6-12(16)14(19)17(9)11-5-2-4-10(15)8-11/h2,4-5,8-9,12H,3,6-7H2,1H3. The molecule has 0 N–H and O–H groups in total. The van der Waals surface area contributed by atoms with Crippen LogP contribution in [0.15, 0.2) is 24.3 Å². The number of halogens is 1. The predicted molar refractivity (Wildman–Crippen MR) is 68.1 cm³/mol.